The molecule has 0 fully saturated rings. The summed E-state index contributed by atoms with van der Waals surface area (Å²) in [5.74, 6) is 1.90. The minimum atomic E-state index is 0.468. The van der Waals surface area contributed by atoms with Crippen LogP contribution in [0.2, 0.25) is 0 Å². The van der Waals surface area contributed by atoms with E-state index in [9.17, 15) is 0 Å². The van der Waals surface area contributed by atoms with Crippen molar-refractivity contribution in [2.75, 3.05) is 0 Å². The van der Waals surface area contributed by atoms with Gasteiger partial charge in [0, 0.05) is 13.5 Å². The van der Waals surface area contributed by atoms with Gasteiger partial charge in [-0.3, -0.25) is 0 Å². The van der Waals surface area contributed by atoms with Gasteiger partial charge in [-0.25, -0.2) is 0 Å². The molecule has 2 N–H and O–H groups in total. The Bertz CT molecular complexity index is 241. The first-order valence-electron chi connectivity index (χ1n) is 4.36. The Morgan fingerprint density at radius 3 is 2.50 bits per heavy atom. The van der Waals surface area contributed by atoms with Crippen LogP contribution >= 0.6 is 0 Å². The summed E-state index contributed by atoms with van der Waals surface area (Å²) in [6.45, 7) is 2.63. The van der Waals surface area contributed by atoms with Gasteiger partial charge in [-0.2, -0.15) is 0 Å². The Labute approximate surface area is 72.8 Å². The number of hydrogen-bond acceptors (Lipinski definition) is 3. The van der Waals surface area contributed by atoms with Gasteiger partial charge in [0.25, 0.3) is 0 Å². The quantitative estimate of drug-likeness (QED) is 0.717. The first kappa shape index (κ1) is 9.19. The van der Waals surface area contributed by atoms with Crippen molar-refractivity contribution < 1.29 is 0 Å². The van der Waals surface area contributed by atoms with Gasteiger partial charge in [0.2, 0.25) is 0 Å². The van der Waals surface area contributed by atoms with Gasteiger partial charge < -0.3 is 10.3 Å². The van der Waals surface area contributed by atoms with Crippen molar-refractivity contribution >= 4 is 0 Å². The van der Waals surface area contributed by atoms with E-state index in [4.69, 9.17) is 5.73 Å². The first-order valence-corrected chi connectivity index (χ1v) is 4.36. The Kier molecular flexibility index (Phi) is 3.22. The summed E-state index contributed by atoms with van der Waals surface area (Å²) in [5, 5.41) is 8.03. The Morgan fingerprint density at radius 1 is 1.33 bits per heavy atom. The van der Waals surface area contributed by atoms with Crippen molar-refractivity contribution in [1.82, 2.24) is 14.8 Å². The highest BCUT2D eigenvalue weighted by atomic mass is 15.3. The number of rotatable bonds is 4. The van der Waals surface area contributed by atoms with Gasteiger partial charge in [0.15, 0.2) is 0 Å². The normalized spacial score (nSPS) is 10.6. The zero-order valence-corrected chi connectivity index (χ0v) is 7.75. The van der Waals surface area contributed by atoms with Gasteiger partial charge >= 0.3 is 0 Å². The van der Waals surface area contributed by atoms with E-state index >= 15 is 0 Å². The molecule has 0 radical (unpaired) electrons. The number of unbranched alkanes of at least 4 members (excludes halogenated alkanes) is 1. The summed E-state index contributed by atoms with van der Waals surface area (Å²) in [7, 11) is 1.97. The molecule has 0 spiro atoms. The molecule has 0 aromatic carbocycles. The van der Waals surface area contributed by atoms with Crippen LogP contribution in [0, 0.1) is 0 Å². The van der Waals surface area contributed by atoms with Crippen LogP contribution in [0.25, 0.3) is 0 Å². The molecule has 12 heavy (non-hydrogen) atoms. The third-order valence-corrected chi connectivity index (χ3v) is 1.99. The molecule has 1 heterocycles. The number of aryl methyl sites for hydroxylation is 1. The molecule has 4 nitrogen and oxygen atoms in total. The van der Waals surface area contributed by atoms with Crippen molar-refractivity contribution in [3.05, 3.63) is 11.6 Å². The smallest absolute Gasteiger partial charge is 0.146 e. The Hall–Kier alpha value is -0.900. The molecular formula is C8H16N4. The van der Waals surface area contributed by atoms with Crippen molar-refractivity contribution in [1.29, 1.82) is 0 Å². The second-order valence-electron chi connectivity index (χ2n) is 2.90. The van der Waals surface area contributed by atoms with Crippen LogP contribution in [0.4, 0.5) is 0 Å². The maximum absolute atomic E-state index is 5.47. The molecule has 4 heteroatoms. The van der Waals surface area contributed by atoms with Crippen LogP contribution in [0.1, 0.15) is 31.4 Å². The van der Waals surface area contributed by atoms with Crippen LogP contribution in [-0.4, -0.2) is 14.8 Å². The Balaban J connectivity index is 2.66. The third kappa shape index (κ3) is 1.82. The van der Waals surface area contributed by atoms with E-state index in [0.29, 0.717) is 6.54 Å². The van der Waals surface area contributed by atoms with E-state index < -0.39 is 0 Å². The van der Waals surface area contributed by atoms with Crippen LogP contribution in [0.5, 0.6) is 0 Å². The minimum Gasteiger partial charge on any atom is -0.324 e. The molecule has 1 aromatic rings. The van der Waals surface area contributed by atoms with Crippen molar-refractivity contribution in [2.24, 2.45) is 12.8 Å². The fourth-order valence-electron chi connectivity index (χ4n) is 1.13. The SMILES string of the molecule is CCCCc1nnc(CN)n1C. The molecule has 0 amide bonds. The fraction of sp³-hybridized carbons (Fsp3) is 0.750. The molecule has 1 aromatic heterocycles. The maximum Gasteiger partial charge on any atom is 0.146 e. The van der Waals surface area contributed by atoms with Crippen molar-refractivity contribution in [3.8, 4) is 0 Å². The second-order valence-corrected chi connectivity index (χ2v) is 2.90. The van der Waals surface area contributed by atoms with E-state index in [1.54, 1.807) is 0 Å². The average Bonchev–Trinajstić information content (AvgIpc) is 2.43. The van der Waals surface area contributed by atoms with Crippen LogP contribution < -0.4 is 5.73 Å². The predicted molar refractivity (Wildman–Crippen MR) is 47.5 cm³/mol. The molecule has 68 valence electrons. The van der Waals surface area contributed by atoms with Gasteiger partial charge in [-0.15, -0.1) is 10.2 Å². The van der Waals surface area contributed by atoms with Crippen molar-refractivity contribution in [3.63, 3.8) is 0 Å². The van der Waals surface area contributed by atoms with Gasteiger partial charge in [0.05, 0.1) is 6.54 Å². The summed E-state index contributed by atoms with van der Waals surface area (Å²) in [4.78, 5) is 0. The zero-order chi connectivity index (χ0) is 8.97. The highest BCUT2D eigenvalue weighted by Crippen LogP contribution is 2.02. The molecule has 1 rings (SSSR count). The van der Waals surface area contributed by atoms with E-state index in [-0.39, 0.29) is 0 Å². The molecule has 0 unspecified atom stereocenters. The Morgan fingerprint density at radius 2 is 2.00 bits per heavy atom. The number of nitrogens with zero attached hydrogens (tertiary/aromatic N) is 3. The highest BCUT2D eigenvalue weighted by Gasteiger charge is 2.05. The van der Waals surface area contributed by atoms with Crippen LogP contribution in [0.15, 0.2) is 0 Å². The lowest BCUT2D eigenvalue weighted by molar-refractivity contribution is 0.694. The van der Waals surface area contributed by atoms with Gasteiger partial charge in [0.1, 0.15) is 11.6 Å². The summed E-state index contributed by atoms with van der Waals surface area (Å²) < 4.78 is 1.98. The topological polar surface area (TPSA) is 56.7 Å². The largest absolute Gasteiger partial charge is 0.324 e. The fourth-order valence-corrected chi connectivity index (χ4v) is 1.13. The monoisotopic (exact) mass is 168 g/mol. The number of aromatic nitrogens is 3. The number of nitrogens with two attached hydrogens (primary N) is 1. The van der Waals surface area contributed by atoms with Gasteiger partial charge in [-0.05, 0) is 6.42 Å². The molecule has 0 saturated carbocycles. The maximum atomic E-state index is 5.47. The van der Waals surface area contributed by atoms with E-state index in [0.717, 1.165) is 24.5 Å². The second kappa shape index (κ2) is 4.21. The van der Waals surface area contributed by atoms with E-state index in [1.807, 2.05) is 11.6 Å². The molecule has 0 aliphatic carbocycles. The van der Waals surface area contributed by atoms with E-state index in [2.05, 4.69) is 17.1 Å². The third-order valence-electron chi connectivity index (χ3n) is 1.99. The molecular weight excluding hydrogens is 152 g/mol. The molecule has 0 aliphatic rings. The van der Waals surface area contributed by atoms with Crippen LogP contribution in [-0.2, 0) is 20.0 Å². The van der Waals surface area contributed by atoms with Crippen molar-refractivity contribution in [2.45, 2.75) is 32.7 Å². The lowest BCUT2D eigenvalue weighted by Gasteiger charge is -2.00. The average molecular weight is 168 g/mol. The highest BCUT2D eigenvalue weighted by molar-refractivity contribution is 4.94. The molecule has 0 aliphatic heterocycles. The summed E-state index contributed by atoms with van der Waals surface area (Å²) in [6.07, 6.45) is 3.35. The molecule has 0 bridgehead atoms. The lowest BCUT2D eigenvalue weighted by atomic mass is 10.2. The molecule has 0 atom stereocenters. The van der Waals surface area contributed by atoms with E-state index in [1.165, 1.54) is 6.42 Å². The lowest BCUT2D eigenvalue weighted by Crippen LogP contribution is -2.06. The predicted octanol–water partition coefficient (Wildman–Crippen LogP) is 0.616. The summed E-state index contributed by atoms with van der Waals surface area (Å²) in [6, 6.07) is 0. The summed E-state index contributed by atoms with van der Waals surface area (Å²) in [5.41, 5.74) is 5.47. The summed E-state index contributed by atoms with van der Waals surface area (Å²) >= 11 is 0. The first-order chi connectivity index (χ1) is 5.79. The standard InChI is InChI=1S/C8H16N4/c1-3-4-5-7-10-11-8(6-9)12(7)2/h3-6,9H2,1-2H3. The number of hydrogen-bond donors (Lipinski definition) is 1. The molecule has 0 saturated heterocycles. The zero-order valence-electron chi connectivity index (χ0n) is 7.75. The minimum absolute atomic E-state index is 0.468. The van der Waals surface area contributed by atoms with Gasteiger partial charge in [-0.1, -0.05) is 13.3 Å². The van der Waals surface area contributed by atoms with Crippen LogP contribution in [0.3, 0.4) is 0 Å².